The molecule has 0 aliphatic carbocycles. The van der Waals surface area contributed by atoms with Gasteiger partial charge in [-0.25, -0.2) is 4.98 Å². The summed E-state index contributed by atoms with van der Waals surface area (Å²) in [5.41, 5.74) is 1.75. The minimum absolute atomic E-state index is 0.0649. The molecule has 2 amide bonds. The molecule has 1 N–H and O–H groups in total. The predicted octanol–water partition coefficient (Wildman–Crippen LogP) is 2.01. The van der Waals surface area contributed by atoms with Crippen molar-refractivity contribution in [3.05, 3.63) is 70.8 Å². The number of carbonyl (C=O) groups excluding carboxylic acids is 2. The highest BCUT2D eigenvalue weighted by Gasteiger charge is 2.12. The first-order chi connectivity index (χ1) is 13.0. The molecule has 0 radical (unpaired) electrons. The molecule has 1 heterocycles. The molecule has 0 saturated carbocycles. The third kappa shape index (κ3) is 4.20. The highest BCUT2D eigenvalue weighted by molar-refractivity contribution is 5.91. The summed E-state index contributed by atoms with van der Waals surface area (Å²) in [6.07, 6.45) is 1.37. The number of aromatic nitrogens is 2. The van der Waals surface area contributed by atoms with Gasteiger partial charge in [0, 0.05) is 26.2 Å². The Morgan fingerprint density at radius 1 is 1.11 bits per heavy atom. The Morgan fingerprint density at radius 3 is 2.59 bits per heavy atom. The minimum Gasteiger partial charge on any atom is -0.342 e. The molecule has 0 saturated heterocycles. The summed E-state index contributed by atoms with van der Waals surface area (Å²) in [6.45, 7) is 1.72. The first-order valence-electron chi connectivity index (χ1n) is 8.49. The van der Waals surface area contributed by atoms with E-state index in [-0.39, 0.29) is 23.9 Å². The molecule has 0 spiro atoms. The Balaban J connectivity index is 1.78. The molecule has 3 rings (SSSR count). The van der Waals surface area contributed by atoms with Crippen molar-refractivity contribution in [3.63, 3.8) is 0 Å². The van der Waals surface area contributed by atoms with Crippen LogP contribution in [-0.4, -0.2) is 33.3 Å². The summed E-state index contributed by atoms with van der Waals surface area (Å²) >= 11 is 0. The van der Waals surface area contributed by atoms with Crippen molar-refractivity contribution in [2.24, 2.45) is 0 Å². The Kier molecular flexibility index (Phi) is 5.30. The SMILES string of the molecule is CC(=O)N(C)Cc1ccccc1NC(=O)Cn1cnc2ccccc2c1=O. The van der Waals surface area contributed by atoms with Crippen LogP contribution in [0.1, 0.15) is 12.5 Å². The summed E-state index contributed by atoms with van der Waals surface area (Å²) in [5.74, 6) is -0.406. The van der Waals surface area contributed by atoms with Crippen LogP contribution in [-0.2, 0) is 22.7 Å². The number of para-hydroxylation sites is 2. The summed E-state index contributed by atoms with van der Waals surface area (Å²) in [4.78, 5) is 42.2. The summed E-state index contributed by atoms with van der Waals surface area (Å²) < 4.78 is 1.28. The number of nitrogens with one attached hydrogen (secondary N) is 1. The number of hydrogen-bond acceptors (Lipinski definition) is 4. The lowest BCUT2D eigenvalue weighted by atomic mass is 10.1. The van der Waals surface area contributed by atoms with Crippen LogP contribution >= 0.6 is 0 Å². The first kappa shape index (κ1) is 18.3. The second-order valence-corrected chi connectivity index (χ2v) is 6.28. The van der Waals surface area contributed by atoms with Crippen molar-refractivity contribution in [3.8, 4) is 0 Å². The number of fused-ring (bicyclic) bond motifs is 1. The number of carbonyl (C=O) groups is 2. The van der Waals surface area contributed by atoms with Crippen LogP contribution < -0.4 is 10.9 Å². The van der Waals surface area contributed by atoms with E-state index in [9.17, 15) is 14.4 Å². The van der Waals surface area contributed by atoms with E-state index in [4.69, 9.17) is 0 Å². The van der Waals surface area contributed by atoms with E-state index in [1.54, 1.807) is 48.3 Å². The molecular weight excluding hydrogens is 344 g/mol. The lowest BCUT2D eigenvalue weighted by Gasteiger charge is -2.18. The monoisotopic (exact) mass is 364 g/mol. The molecule has 0 atom stereocenters. The Bertz CT molecular complexity index is 1060. The zero-order valence-electron chi connectivity index (χ0n) is 15.2. The van der Waals surface area contributed by atoms with Gasteiger partial charge in [0.15, 0.2) is 0 Å². The largest absolute Gasteiger partial charge is 0.342 e. The van der Waals surface area contributed by atoms with E-state index in [1.165, 1.54) is 17.8 Å². The van der Waals surface area contributed by atoms with Crippen molar-refractivity contribution >= 4 is 28.4 Å². The van der Waals surface area contributed by atoms with Gasteiger partial charge in [-0.05, 0) is 23.8 Å². The third-order valence-electron chi connectivity index (χ3n) is 4.28. The lowest BCUT2D eigenvalue weighted by Crippen LogP contribution is -2.28. The van der Waals surface area contributed by atoms with Gasteiger partial charge in [0.2, 0.25) is 11.8 Å². The summed E-state index contributed by atoms with van der Waals surface area (Å²) in [7, 11) is 1.70. The number of rotatable bonds is 5. The fourth-order valence-corrected chi connectivity index (χ4v) is 2.71. The van der Waals surface area contributed by atoms with E-state index in [0.29, 0.717) is 23.1 Å². The molecule has 0 aliphatic rings. The second-order valence-electron chi connectivity index (χ2n) is 6.28. The van der Waals surface area contributed by atoms with Crippen LogP contribution in [0, 0.1) is 0 Å². The van der Waals surface area contributed by atoms with E-state index in [2.05, 4.69) is 10.3 Å². The van der Waals surface area contributed by atoms with Gasteiger partial charge in [-0.2, -0.15) is 0 Å². The van der Waals surface area contributed by atoms with E-state index in [1.807, 2.05) is 12.1 Å². The highest BCUT2D eigenvalue weighted by atomic mass is 16.2. The summed E-state index contributed by atoms with van der Waals surface area (Å²) in [6, 6.07) is 14.3. The number of amides is 2. The molecule has 7 heteroatoms. The van der Waals surface area contributed by atoms with E-state index < -0.39 is 0 Å². The second kappa shape index (κ2) is 7.82. The van der Waals surface area contributed by atoms with Gasteiger partial charge in [0.1, 0.15) is 6.54 Å². The van der Waals surface area contributed by atoms with Crippen molar-refractivity contribution in [2.75, 3.05) is 12.4 Å². The smallest absolute Gasteiger partial charge is 0.261 e. The Labute approximate surface area is 156 Å². The molecule has 1 aromatic heterocycles. The molecular formula is C20H20N4O3. The zero-order chi connectivity index (χ0) is 19.4. The Hall–Kier alpha value is -3.48. The topological polar surface area (TPSA) is 84.3 Å². The van der Waals surface area contributed by atoms with Crippen molar-refractivity contribution in [1.82, 2.24) is 14.5 Å². The van der Waals surface area contributed by atoms with Crippen LogP contribution in [0.3, 0.4) is 0 Å². The van der Waals surface area contributed by atoms with Gasteiger partial charge in [-0.3, -0.25) is 19.0 Å². The number of benzene rings is 2. The molecule has 2 aromatic carbocycles. The average Bonchev–Trinajstić information content (AvgIpc) is 2.65. The van der Waals surface area contributed by atoms with Crippen LogP contribution in [0.2, 0.25) is 0 Å². The van der Waals surface area contributed by atoms with Crippen LogP contribution in [0.4, 0.5) is 5.69 Å². The lowest BCUT2D eigenvalue weighted by molar-refractivity contribution is -0.128. The van der Waals surface area contributed by atoms with Crippen LogP contribution in [0.25, 0.3) is 10.9 Å². The molecule has 0 aliphatic heterocycles. The number of nitrogens with zero attached hydrogens (tertiary/aromatic N) is 3. The molecule has 7 nitrogen and oxygen atoms in total. The predicted molar refractivity (Wildman–Crippen MR) is 103 cm³/mol. The Morgan fingerprint density at radius 2 is 1.81 bits per heavy atom. The van der Waals surface area contributed by atoms with Gasteiger partial charge >= 0.3 is 0 Å². The van der Waals surface area contributed by atoms with Crippen molar-refractivity contribution in [1.29, 1.82) is 0 Å². The fourth-order valence-electron chi connectivity index (χ4n) is 2.71. The molecule has 27 heavy (non-hydrogen) atoms. The maximum Gasteiger partial charge on any atom is 0.261 e. The van der Waals surface area contributed by atoms with Crippen LogP contribution in [0.5, 0.6) is 0 Å². The maximum absolute atomic E-state index is 12.5. The van der Waals surface area contributed by atoms with E-state index in [0.717, 1.165) is 5.56 Å². The van der Waals surface area contributed by atoms with Gasteiger partial charge < -0.3 is 10.2 Å². The number of hydrogen-bond donors (Lipinski definition) is 1. The van der Waals surface area contributed by atoms with Gasteiger partial charge in [0.05, 0.1) is 17.2 Å². The minimum atomic E-state index is -0.341. The number of anilines is 1. The van der Waals surface area contributed by atoms with Gasteiger partial charge in [-0.1, -0.05) is 30.3 Å². The molecule has 0 fully saturated rings. The van der Waals surface area contributed by atoms with Crippen molar-refractivity contribution < 1.29 is 9.59 Å². The normalized spacial score (nSPS) is 10.6. The standard InChI is InChI=1S/C20H20N4O3/c1-14(25)23(2)11-15-7-3-5-9-17(15)22-19(26)12-24-13-21-18-10-6-4-8-16(18)20(24)27/h3-10,13H,11-12H2,1-2H3,(H,22,26). The molecule has 138 valence electrons. The average molecular weight is 364 g/mol. The molecule has 0 bridgehead atoms. The third-order valence-corrected chi connectivity index (χ3v) is 4.28. The van der Waals surface area contributed by atoms with E-state index >= 15 is 0 Å². The fraction of sp³-hybridized carbons (Fsp3) is 0.200. The summed E-state index contributed by atoms with van der Waals surface area (Å²) in [5, 5.41) is 3.28. The zero-order valence-corrected chi connectivity index (χ0v) is 15.2. The van der Waals surface area contributed by atoms with Gasteiger partial charge in [0.25, 0.3) is 5.56 Å². The molecule has 0 unspecified atom stereocenters. The van der Waals surface area contributed by atoms with Gasteiger partial charge in [-0.15, -0.1) is 0 Å². The van der Waals surface area contributed by atoms with Crippen LogP contribution in [0.15, 0.2) is 59.7 Å². The molecule has 3 aromatic rings. The highest BCUT2D eigenvalue weighted by Crippen LogP contribution is 2.17. The maximum atomic E-state index is 12.5. The first-order valence-corrected chi connectivity index (χ1v) is 8.49. The quantitative estimate of drug-likeness (QED) is 0.751. The van der Waals surface area contributed by atoms with Crippen molar-refractivity contribution in [2.45, 2.75) is 20.0 Å².